The summed E-state index contributed by atoms with van der Waals surface area (Å²) in [6, 6.07) is -0.133. The Morgan fingerprint density at radius 1 is 1.33 bits per heavy atom. The fraction of sp³-hybridized carbons (Fsp3) is 0.769. The highest BCUT2D eigenvalue weighted by Crippen LogP contribution is 2.37. The Balaban J connectivity index is 1.92. The fourth-order valence-corrected chi connectivity index (χ4v) is 2.89. The second-order valence-electron chi connectivity index (χ2n) is 5.41. The van der Waals surface area contributed by atoms with E-state index in [-0.39, 0.29) is 11.9 Å². The molecule has 0 spiro atoms. The van der Waals surface area contributed by atoms with Gasteiger partial charge in [-0.2, -0.15) is 0 Å². The SMILES string of the molecule is CCCN1Cc2nnc(C3CCC3)n2[C@@H](C)C1=O. The zero-order valence-electron chi connectivity index (χ0n) is 11.1. The second-order valence-corrected chi connectivity index (χ2v) is 5.41. The van der Waals surface area contributed by atoms with E-state index in [0.29, 0.717) is 12.5 Å². The molecule has 18 heavy (non-hydrogen) atoms. The Morgan fingerprint density at radius 2 is 2.11 bits per heavy atom. The van der Waals surface area contributed by atoms with Gasteiger partial charge in [0.2, 0.25) is 5.91 Å². The minimum Gasteiger partial charge on any atom is -0.333 e. The van der Waals surface area contributed by atoms with Crippen LogP contribution >= 0.6 is 0 Å². The van der Waals surface area contributed by atoms with Gasteiger partial charge in [0.1, 0.15) is 11.9 Å². The molecule has 0 unspecified atom stereocenters. The minimum absolute atomic E-state index is 0.133. The predicted octanol–water partition coefficient (Wildman–Crippen LogP) is 1.86. The minimum atomic E-state index is -0.133. The van der Waals surface area contributed by atoms with Crippen molar-refractivity contribution in [2.24, 2.45) is 0 Å². The summed E-state index contributed by atoms with van der Waals surface area (Å²) in [6.07, 6.45) is 4.65. The lowest BCUT2D eigenvalue weighted by molar-refractivity contribution is -0.137. The third-order valence-electron chi connectivity index (χ3n) is 4.15. The van der Waals surface area contributed by atoms with Crippen molar-refractivity contribution in [3.63, 3.8) is 0 Å². The first kappa shape index (κ1) is 11.7. The van der Waals surface area contributed by atoms with Crippen LogP contribution in [-0.2, 0) is 11.3 Å². The highest BCUT2D eigenvalue weighted by Gasteiger charge is 2.35. The quantitative estimate of drug-likeness (QED) is 0.820. The van der Waals surface area contributed by atoms with Crippen molar-refractivity contribution in [1.82, 2.24) is 19.7 Å². The number of hydrogen-bond donors (Lipinski definition) is 0. The lowest BCUT2D eigenvalue weighted by atomic mass is 9.84. The van der Waals surface area contributed by atoms with Crippen LogP contribution < -0.4 is 0 Å². The Morgan fingerprint density at radius 3 is 2.72 bits per heavy atom. The third-order valence-corrected chi connectivity index (χ3v) is 4.15. The summed E-state index contributed by atoms with van der Waals surface area (Å²) in [5.74, 6) is 2.73. The first-order valence-corrected chi connectivity index (χ1v) is 6.94. The zero-order valence-corrected chi connectivity index (χ0v) is 11.1. The van der Waals surface area contributed by atoms with Gasteiger partial charge in [-0.15, -0.1) is 10.2 Å². The van der Waals surface area contributed by atoms with E-state index in [1.165, 1.54) is 19.3 Å². The number of hydrogen-bond acceptors (Lipinski definition) is 3. The van der Waals surface area contributed by atoms with Gasteiger partial charge < -0.3 is 9.47 Å². The van der Waals surface area contributed by atoms with Crippen LogP contribution in [-0.4, -0.2) is 32.1 Å². The number of aromatic nitrogens is 3. The number of rotatable bonds is 3. The maximum atomic E-state index is 12.3. The van der Waals surface area contributed by atoms with Gasteiger partial charge >= 0.3 is 0 Å². The van der Waals surface area contributed by atoms with Crippen LogP contribution in [0.5, 0.6) is 0 Å². The summed E-state index contributed by atoms with van der Waals surface area (Å²) in [5.41, 5.74) is 0. The van der Waals surface area contributed by atoms with Crippen LogP contribution in [0.2, 0.25) is 0 Å². The lowest BCUT2D eigenvalue weighted by Crippen LogP contribution is -2.42. The number of carbonyl (C=O) groups is 1. The molecule has 2 aliphatic rings. The van der Waals surface area contributed by atoms with Gasteiger partial charge in [-0.3, -0.25) is 4.79 Å². The molecule has 2 heterocycles. The van der Waals surface area contributed by atoms with Crippen molar-refractivity contribution in [3.05, 3.63) is 11.6 Å². The average Bonchev–Trinajstić information content (AvgIpc) is 2.67. The molecule has 0 radical (unpaired) electrons. The van der Waals surface area contributed by atoms with Crippen molar-refractivity contribution in [2.45, 2.75) is 58.0 Å². The monoisotopic (exact) mass is 248 g/mol. The Hall–Kier alpha value is -1.39. The van der Waals surface area contributed by atoms with E-state index in [2.05, 4.69) is 21.7 Å². The van der Waals surface area contributed by atoms with Crippen LogP contribution in [0.4, 0.5) is 0 Å². The van der Waals surface area contributed by atoms with Gasteiger partial charge in [-0.05, 0) is 26.2 Å². The molecule has 0 saturated heterocycles. The topological polar surface area (TPSA) is 51.0 Å². The first-order chi connectivity index (χ1) is 8.72. The van der Waals surface area contributed by atoms with E-state index in [4.69, 9.17) is 0 Å². The van der Waals surface area contributed by atoms with E-state index in [9.17, 15) is 4.79 Å². The number of amides is 1. The summed E-state index contributed by atoms with van der Waals surface area (Å²) >= 11 is 0. The van der Waals surface area contributed by atoms with Gasteiger partial charge in [0.15, 0.2) is 5.82 Å². The largest absolute Gasteiger partial charge is 0.333 e. The van der Waals surface area contributed by atoms with Gasteiger partial charge in [0.05, 0.1) is 6.54 Å². The molecule has 0 aromatic carbocycles. The Bertz CT molecular complexity index is 464. The molecule has 0 N–H and O–H groups in total. The smallest absolute Gasteiger partial charge is 0.245 e. The molecule has 1 atom stereocenters. The number of nitrogens with zero attached hydrogens (tertiary/aromatic N) is 4. The molecule has 5 heteroatoms. The van der Waals surface area contributed by atoms with Gasteiger partial charge in [0, 0.05) is 12.5 Å². The first-order valence-electron chi connectivity index (χ1n) is 6.94. The van der Waals surface area contributed by atoms with Gasteiger partial charge in [-0.25, -0.2) is 0 Å². The zero-order chi connectivity index (χ0) is 12.7. The Labute approximate surface area is 107 Å². The maximum absolute atomic E-state index is 12.3. The highest BCUT2D eigenvalue weighted by molar-refractivity contribution is 5.81. The van der Waals surface area contributed by atoms with Crippen molar-refractivity contribution in [1.29, 1.82) is 0 Å². The summed E-state index contributed by atoms with van der Waals surface area (Å²) in [6.45, 7) is 5.50. The molecule has 0 bridgehead atoms. The molecular weight excluding hydrogens is 228 g/mol. The van der Waals surface area contributed by atoms with Crippen LogP contribution in [0.15, 0.2) is 0 Å². The molecule has 1 aromatic rings. The van der Waals surface area contributed by atoms with Crippen LogP contribution in [0.1, 0.15) is 63.1 Å². The second kappa shape index (κ2) is 4.37. The molecule has 1 aromatic heterocycles. The standard InChI is InChI=1S/C13H20N4O/c1-3-7-16-8-11-14-15-12(10-5-4-6-10)17(11)9(2)13(16)18/h9-10H,3-8H2,1-2H3/t9-/m0/s1. The van der Waals surface area contributed by atoms with E-state index < -0.39 is 0 Å². The summed E-state index contributed by atoms with van der Waals surface area (Å²) in [5, 5.41) is 8.63. The van der Waals surface area contributed by atoms with Crippen molar-refractivity contribution >= 4 is 5.91 Å². The third kappa shape index (κ3) is 1.64. The van der Waals surface area contributed by atoms with Crippen LogP contribution in [0.3, 0.4) is 0 Å². The molecule has 5 nitrogen and oxygen atoms in total. The van der Waals surface area contributed by atoms with Crippen molar-refractivity contribution < 1.29 is 4.79 Å². The molecule has 98 valence electrons. The van der Waals surface area contributed by atoms with E-state index in [1.807, 2.05) is 11.8 Å². The van der Waals surface area contributed by atoms with Crippen LogP contribution in [0, 0.1) is 0 Å². The maximum Gasteiger partial charge on any atom is 0.245 e. The number of carbonyl (C=O) groups excluding carboxylic acids is 1. The summed E-state index contributed by atoms with van der Waals surface area (Å²) in [7, 11) is 0. The predicted molar refractivity (Wildman–Crippen MR) is 67.0 cm³/mol. The molecule has 1 fully saturated rings. The average molecular weight is 248 g/mol. The normalized spacial score (nSPS) is 24.0. The molecular formula is C13H20N4O. The van der Waals surface area contributed by atoms with Gasteiger partial charge in [0.25, 0.3) is 0 Å². The molecule has 3 rings (SSSR count). The molecule has 1 amide bonds. The fourth-order valence-electron chi connectivity index (χ4n) is 2.89. The number of fused-ring (bicyclic) bond motifs is 1. The van der Waals surface area contributed by atoms with Crippen molar-refractivity contribution in [2.75, 3.05) is 6.54 Å². The molecule has 1 saturated carbocycles. The van der Waals surface area contributed by atoms with Crippen LogP contribution in [0.25, 0.3) is 0 Å². The molecule has 1 aliphatic heterocycles. The van der Waals surface area contributed by atoms with E-state index in [0.717, 1.165) is 24.6 Å². The highest BCUT2D eigenvalue weighted by atomic mass is 16.2. The summed E-state index contributed by atoms with van der Waals surface area (Å²) < 4.78 is 2.08. The van der Waals surface area contributed by atoms with E-state index in [1.54, 1.807) is 0 Å². The molecule has 1 aliphatic carbocycles. The van der Waals surface area contributed by atoms with Gasteiger partial charge in [-0.1, -0.05) is 13.3 Å². The van der Waals surface area contributed by atoms with E-state index >= 15 is 0 Å². The summed E-state index contributed by atoms with van der Waals surface area (Å²) in [4.78, 5) is 14.2. The van der Waals surface area contributed by atoms with Crippen molar-refractivity contribution in [3.8, 4) is 0 Å². The Kier molecular flexibility index (Phi) is 2.84. The lowest BCUT2D eigenvalue weighted by Gasteiger charge is -2.34.